The number of amides is 1. The van der Waals surface area contributed by atoms with Crippen LogP contribution in [-0.4, -0.2) is 11.2 Å². The molecule has 0 atom stereocenters. The van der Waals surface area contributed by atoms with Gasteiger partial charge in [0, 0.05) is 5.02 Å². The lowest BCUT2D eigenvalue weighted by Crippen LogP contribution is -2.23. The van der Waals surface area contributed by atoms with Gasteiger partial charge in [-0.1, -0.05) is 41.4 Å². The Balaban J connectivity index is 2.55. The van der Waals surface area contributed by atoms with Crippen molar-refractivity contribution in [2.75, 3.05) is 4.90 Å². The average Bonchev–Trinajstić information content (AvgIpc) is 2.35. The van der Waals surface area contributed by atoms with E-state index < -0.39 is 6.09 Å². The van der Waals surface area contributed by atoms with E-state index in [4.69, 9.17) is 23.2 Å². The Morgan fingerprint density at radius 2 is 1.72 bits per heavy atom. The highest BCUT2D eigenvalue weighted by Crippen LogP contribution is 2.34. The fourth-order valence-corrected chi connectivity index (χ4v) is 1.96. The van der Waals surface area contributed by atoms with Gasteiger partial charge in [0.1, 0.15) is 0 Å². The predicted octanol–water partition coefficient (Wildman–Crippen LogP) is 4.81. The van der Waals surface area contributed by atoms with Gasteiger partial charge >= 0.3 is 6.09 Å². The molecule has 0 radical (unpaired) electrons. The first kappa shape index (κ1) is 12.7. The summed E-state index contributed by atoms with van der Waals surface area (Å²) in [5.74, 6) is 0. The Bertz CT molecular complexity index is 572. The lowest BCUT2D eigenvalue weighted by atomic mass is 10.2. The van der Waals surface area contributed by atoms with Crippen LogP contribution in [0.25, 0.3) is 0 Å². The number of halogens is 2. The average molecular weight is 282 g/mol. The molecule has 18 heavy (non-hydrogen) atoms. The minimum atomic E-state index is -1.12. The zero-order valence-electron chi connectivity index (χ0n) is 9.18. The number of benzene rings is 2. The third-order valence-electron chi connectivity index (χ3n) is 2.35. The van der Waals surface area contributed by atoms with Crippen LogP contribution in [0.5, 0.6) is 0 Å². The summed E-state index contributed by atoms with van der Waals surface area (Å²) >= 11 is 11.9. The molecule has 0 aliphatic heterocycles. The minimum absolute atomic E-state index is 0.325. The van der Waals surface area contributed by atoms with Crippen molar-refractivity contribution < 1.29 is 9.90 Å². The molecule has 2 aromatic carbocycles. The standard InChI is InChI=1S/C13H9Cl2NO2/c14-9-6-7-11(15)12(8-9)16(13(17)18)10-4-2-1-3-5-10/h1-8H,(H,17,18). The molecule has 5 heteroatoms. The molecule has 0 aliphatic rings. The van der Waals surface area contributed by atoms with Crippen LogP contribution < -0.4 is 4.90 Å². The third kappa shape index (κ3) is 2.58. The first-order valence-electron chi connectivity index (χ1n) is 5.13. The van der Waals surface area contributed by atoms with Crippen molar-refractivity contribution in [3.05, 3.63) is 58.6 Å². The van der Waals surface area contributed by atoms with E-state index in [1.54, 1.807) is 36.4 Å². The first-order chi connectivity index (χ1) is 8.59. The highest BCUT2D eigenvalue weighted by molar-refractivity contribution is 6.36. The van der Waals surface area contributed by atoms with Gasteiger partial charge in [0.2, 0.25) is 0 Å². The van der Waals surface area contributed by atoms with Crippen LogP contribution in [0.2, 0.25) is 10.0 Å². The smallest absolute Gasteiger partial charge is 0.416 e. The second-order valence-electron chi connectivity index (χ2n) is 3.55. The number of carbonyl (C=O) groups is 1. The first-order valence-corrected chi connectivity index (χ1v) is 5.88. The molecule has 1 N–H and O–H groups in total. The van der Waals surface area contributed by atoms with Crippen molar-refractivity contribution in [1.29, 1.82) is 0 Å². The van der Waals surface area contributed by atoms with E-state index in [0.717, 1.165) is 4.90 Å². The molecular formula is C13H9Cl2NO2. The molecule has 92 valence electrons. The normalized spacial score (nSPS) is 10.1. The molecule has 1 amide bonds. The molecule has 0 aromatic heterocycles. The maximum atomic E-state index is 11.4. The fourth-order valence-electron chi connectivity index (χ4n) is 1.59. The minimum Gasteiger partial charge on any atom is -0.464 e. The van der Waals surface area contributed by atoms with E-state index >= 15 is 0 Å². The van der Waals surface area contributed by atoms with Gasteiger partial charge in [0.15, 0.2) is 0 Å². The van der Waals surface area contributed by atoms with Gasteiger partial charge in [0.05, 0.1) is 16.4 Å². The summed E-state index contributed by atoms with van der Waals surface area (Å²) in [4.78, 5) is 12.5. The van der Waals surface area contributed by atoms with Gasteiger partial charge in [-0.2, -0.15) is 0 Å². The number of anilines is 2. The number of hydrogen-bond donors (Lipinski definition) is 1. The Kier molecular flexibility index (Phi) is 3.75. The van der Waals surface area contributed by atoms with E-state index in [1.807, 2.05) is 6.07 Å². The van der Waals surface area contributed by atoms with E-state index in [9.17, 15) is 9.90 Å². The number of para-hydroxylation sites is 1. The highest BCUT2D eigenvalue weighted by atomic mass is 35.5. The number of nitrogens with zero attached hydrogens (tertiary/aromatic N) is 1. The molecule has 0 saturated heterocycles. The molecule has 0 bridgehead atoms. The number of hydrogen-bond acceptors (Lipinski definition) is 1. The number of carboxylic acid groups (broad SMARTS) is 1. The van der Waals surface area contributed by atoms with E-state index in [-0.39, 0.29) is 0 Å². The lowest BCUT2D eigenvalue weighted by Gasteiger charge is -2.20. The SMILES string of the molecule is O=C(O)N(c1ccccc1)c1cc(Cl)ccc1Cl. The Morgan fingerprint density at radius 1 is 1.06 bits per heavy atom. The number of rotatable bonds is 2. The van der Waals surface area contributed by atoms with Crippen LogP contribution in [0.1, 0.15) is 0 Å². The second kappa shape index (κ2) is 5.29. The van der Waals surface area contributed by atoms with Gasteiger partial charge < -0.3 is 5.11 Å². The molecule has 0 aliphatic carbocycles. The van der Waals surface area contributed by atoms with Crippen LogP contribution in [0.15, 0.2) is 48.5 Å². The quantitative estimate of drug-likeness (QED) is 0.858. The van der Waals surface area contributed by atoms with Crippen LogP contribution in [-0.2, 0) is 0 Å². The Morgan fingerprint density at radius 3 is 2.33 bits per heavy atom. The van der Waals surface area contributed by atoms with Gasteiger partial charge in [-0.25, -0.2) is 9.69 Å². The second-order valence-corrected chi connectivity index (χ2v) is 4.39. The molecule has 2 rings (SSSR count). The van der Waals surface area contributed by atoms with Crippen molar-refractivity contribution in [3.8, 4) is 0 Å². The van der Waals surface area contributed by atoms with Crippen LogP contribution in [0.3, 0.4) is 0 Å². The molecule has 0 heterocycles. The molecule has 0 spiro atoms. The van der Waals surface area contributed by atoms with Crippen LogP contribution in [0.4, 0.5) is 16.2 Å². The van der Waals surface area contributed by atoms with Crippen LogP contribution >= 0.6 is 23.2 Å². The zero-order valence-corrected chi connectivity index (χ0v) is 10.7. The maximum Gasteiger partial charge on any atom is 0.416 e. The van der Waals surface area contributed by atoms with E-state index in [2.05, 4.69) is 0 Å². The van der Waals surface area contributed by atoms with Crippen molar-refractivity contribution in [3.63, 3.8) is 0 Å². The van der Waals surface area contributed by atoms with Gasteiger partial charge in [-0.05, 0) is 30.3 Å². The van der Waals surface area contributed by atoms with Gasteiger partial charge in [-0.3, -0.25) is 0 Å². The van der Waals surface area contributed by atoms with Crippen molar-refractivity contribution in [2.24, 2.45) is 0 Å². The molecule has 3 nitrogen and oxygen atoms in total. The summed E-state index contributed by atoms with van der Waals surface area (Å²) in [5.41, 5.74) is 0.844. The van der Waals surface area contributed by atoms with E-state index in [0.29, 0.717) is 21.4 Å². The topological polar surface area (TPSA) is 40.5 Å². The molecule has 0 saturated carbocycles. The predicted molar refractivity (Wildman–Crippen MR) is 73.1 cm³/mol. The zero-order chi connectivity index (χ0) is 13.1. The summed E-state index contributed by atoms with van der Waals surface area (Å²) in [6.45, 7) is 0. The van der Waals surface area contributed by atoms with Crippen LogP contribution in [0, 0.1) is 0 Å². The summed E-state index contributed by atoms with van der Waals surface area (Å²) in [7, 11) is 0. The Hall–Kier alpha value is -1.71. The van der Waals surface area contributed by atoms with Gasteiger partial charge in [0.25, 0.3) is 0 Å². The fraction of sp³-hybridized carbons (Fsp3) is 0. The summed E-state index contributed by atoms with van der Waals surface area (Å²) in [6.07, 6.45) is -1.12. The monoisotopic (exact) mass is 281 g/mol. The third-order valence-corrected chi connectivity index (χ3v) is 2.91. The molecule has 0 fully saturated rings. The molecule has 2 aromatic rings. The summed E-state index contributed by atoms with van der Waals surface area (Å²) in [6, 6.07) is 13.4. The summed E-state index contributed by atoms with van der Waals surface area (Å²) in [5, 5.41) is 10.1. The molecule has 0 unspecified atom stereocenters. The van der Waals surface area contributed by atoms with Gasteiger partial charge in [-0.15, -0.1) is 0 Å². The lowest BCUT2D eigenvalue weighted by molar-refractivity contribution is 0.205. The largest absolute Gasteiger partial charge is 0.464 e. The Labute approximate surface area is 114 Å². The van der Waals surface area contributed by atoms with Crippen molar-refractivity contribution in [2.45, 2.75) is 0 Å². The van der Waals surface area contributed by atoms with Crippen molar-refractivity contribution in [1.82, 2.24) is 0 Å². The van der Waals surface area contributed by atoms with Crippen molar-refractivity contribution >= 4 is 40.7 Å². The highest BCUT2D eigenvalue weighted by Gasteiger charge is 2.19. The maximum absolute atomic E-state index is 11.4. The van der Waals surface area contributed by atoms with E-state index in [1.165, 1.54) is 6.07 Å². The summed E-state index contributed by atoms with van der Waals surface area (Å²) < 4.78 is 0. The molecular weight excluding hydrogens is 273 g/mol.